The second-order valence-electron chi connectivity index (χ2n) is 5.72. The minimum atomic E-state index is -0.545. The Labute approximate surface area is 139 Å². The largest absolute Gasteiger partial charge is 0.355 e. The number of nitrogens with one attached hydrogen (secondary N) is 1. The highest BCUT2D eigenvalue weighted by Crippen LogP contribution is 2.23. The van der Waals surface area contributed by atoms with Gasteiger partial charge in [-0.05, 0) is 25.5 Å². The minimum absolute atomic E-state index is 0.169. The van der Waals surface area contributed by atoms with E-state index in [0.29, 0.717) is 30.8 Å². The summed E-state index contributed by atoms with van der Waals surface area (Å²) in [5, 5.41) is 6.86. The van der Waals surface area contributed by atoms with Gasteiger partial charge in [0.05, 0.1) is 11.3 Å². The monoisotopic (exact) mass is 328 g/mol. The first kappa shape index (κ1) is 16.1. The van der Waals surface area contributed by atoms with Crippen LogP contribution < -0.4 is 11.1 Å². The third kappa shape index (κ3) is 3.00. The van der Waals surface area contributed by atoms with Crippen molar-refractivity contribution in [2.75, 3.05) is 13.1 Å². The Morgan fingerprint density at radius 1 is 1.38 bits per heavy atom. The fraction of sp³-hybridized carbons (Fsp3) is 0.375. The number of likely N-dealkylation sites (tertiary alicyclic amines) is 1. The highest BCUT2D eigenvalue weighted by atomic mass is 16.2. The third-order valence-electron chi connectivity index (χ3n) is 4.05. The molecule has 0 radical (unpaired) electrons. The van der Waals surface area contributed by atoms with Crippen LogP contribution in [0.15, 0.2) is 36.9 Å². The van der Waals surface area contributed by atoms with Gasteiger partial charge in [-0.1, -0.05) is 12.1 Å². The SMILES string of the molecule is CCNC(=O)[C@@H]1C[C@@H](N)CN1C(=O)c1ccccc1-n1cncn1. The number of benzene rings is 1. The zero-order chi connectivity index (χ0) is 17.1. The number of para-hydroxylation sites is 1. The predicted molar refractivity (Wildman–Crippen MR) is 87.5 cm³/mol. The molecule has 0 saturated carbocycles. The third-order valence-corrected chi connectivity index (χ3v) is 4.05. The van der Waals surface area contributed by atoms with Crippen molar-refractivity contribution in [2.24, 2.45) is 5.73 Å². The summed E-state index contributed by atoms with van der Waals surface area (Å²) in [5.41, 5.74) is 7.08. The van der Waals surface area contributed by atoms with Gasteiger partial charge in [0.15, 0.2) is 0 Å². The first-order chi connectivity index (χ1) is 11.6. The molecule has 0 bridgehead atoms. The molecule has 126 valence electrons. The van der Waals surface area contributed by atoms with Crippen molar-refractivity contribution in [3.05, 3.63) is 42.5 Å². The maximum absolute atomic E-state index is 13.1. The summed E-state index contributed by atoms with van der Waals surface area (Å²) in [7, 11) is 0. The lowest BCUT2D eigenvalue weighted by Crippen LogP contribution is -2.46. The zero-order valence-electron chi connectivity index (χ0n) is 13.4. The maximum atomic E-state index is 13.1. The molecule has 1 aromatic heterocycles. The first-order valence-corrected chi connectivity index (χ1v) is 7.90. The minimum Gasteiger partial charge on any atom is -0.355 e. The highest BCUT2D eigenvalue weighted by molar-refractivity contribution is 6.00. The van der Waals surface area contributed by atoms with Crippen molar-refractivity contribution in [1.82, 2.24) is 25.0 Å². The molecule has 8 nitrogen and oxygen atoms in total. The van der Waals surface area contributed by atoms with E-state index >= 15 is 0 Å². The Balaban J connectivity index is 1.92. The lowest BCUT2D eigenvalue weighted by atomic mass is 10.1. The number of rotatable bonds is 4. The van der Waals surface area contributed by atoms with Crippen LogP contribution in [0.4, 0.5) is 0 Å². The van der Waals surface area contributed by atoms with E-state index in [0.717, 1.165) is 0 Å². The van der Waals surface area contributed by atoms with Gasteiger partial charge in [0.1, 0.15) is 18.7 Å². The fourth-order valence-corrected chi connectivity index (χ4v) is 2.98. The summed E-state index contributed by atoms with van der Waals surface area (Å²) in [5.74, 6) is -0.401. The second kappa shape index (κ2) is 6.79. The maximum Gasteiger partial charge on any atom is 0.256 e. The van der Waals surface area contributed by atoms with E-state index in [1.807, 2.05) is 13.0 Å². The summed E-state index contributed by atoms with van der Waals surface area (Å²) in [6.45, 7) is 2.72. The topological polar surface area (TPSA) is 106 Å². The van der Waals surface area contributed by atoms with Gasteiger partial charge in [-0.25, -0.2) is 9.67 Å². The molecule has 2 amide bonds. The Morgan fingerprint density at radius 2 is 2.17 bits per heavy atom. The van der Waals surface area contributed by atoms with E-state index in [1.165, 1.54) is 17.3 Å². The van der Waals surface area contributed by atoms with Crippen molar-refractivity contribution in [2.45, 2.75) is 25.4 Å². The van der Waals surface area contributed by atoms with Crippen LogP contribution in [0.25, 0.3) is 5.69 Å². The average Bonchev–Trinajstić information content (AvgIpc) is 3.24. The lowest BCUT2D eigenvalue weighted by Gasteiger charge is -2.24. The Morgan fingerprint density at radius 3 is 2.88 bits per heavy atom. The number of carbonyl (C=O) groups is 2. The van der Waals surface area contributed by atoms with Crippen molar-refractivity contribution in [3.63, 3.8) is 0 Å². The van der Waals surface area contributed by atoms with Gasteiger partial charge in [0.25, 0.3) is 5.91 Å². The van der Waals surface area contributed by atoms with Crippen LogP contribution in [0.1, 0.15) is 23.7 Å². The van der Waals surface area contributed by atoms with Gasteiger partial charge in [-0.2, -0.15) is 5.10 Å². The number of likely N-dealkylation sites (N-methyl/N-ethyl adjacent to an activating group) is 1. The van der Waals surface area contributed by atoms with Gasteiger partial charge in [0, 0.05) is 19.1 Å². The Bertz CT molecular complexity index is 730. The molecule has 0 unspecified atom stereocenters. The first-order valence-electron chi connectivity index (χ1n) is 7.90. The van der Waals surface area contributed by atoms with Crippen LogP contribution in [0.5, 0.6) is 0 Å². The number of amides is 2. The van der Waals surface area contributed by atoms with Crippen molar-refractivity contribution >= 4 is 11.8 Å². The molecule has 1 saturated heterocycles. The van der Waals surface area contributed by atoms with Crippen LogP contribution in [-0.4, -0.2) is 56.7 Å². The average molecular weight is 328 g/mol. The molecule has 3 N–H and O–H groups in total. The second-order valence-corrected chi connectivity index (χ2v) is 5.72. The molecular weight excluding hydrogens is 308 g/mol. The van der Waals surface area contributed by atoms with E-state index in [1.54, 1.807) is 23.1 Å². The van der Waals surface area contributed by atoms with E-state index < -0.39 is 6.04 Å². The summed E-state index contributed by atoms with van der Waals surface area (Å²) in [4.78, 5) is 30.8. The number of nitrogens with two attached hydrogens (primary N) is 1. The molecule has 0 spiro atoms. The molecule has 2 atom stereocenters. The number of nitrogens with zero attached hydrogens (tertiary/aromatic N) is 4. The van der Waals surface area contributed by atoms with E-state index in [-0.39, 0.29) is 17.9 Å². The van der Waals surface area contributed by atoms with E-state index in [4.69, 9.17) is 5.73 Å². The van der Waals surface area contributed by atoms with Gasteiger partial charge < -0.3 is 16.0 Å². The molecule has 3 rings (SSSR count). The normalized spacial score (nSPS) is 20.2. The highest BCUT2D eigenvalue weighted by Gasteiger charge is 2.38. The van der Waals surface area contributed by atoms with Crippen LogP contribution in [0.3, 0.4) is 0 Å². The van der Waals surface area contributed by atoms with Crippen molar-refractivity contribution in [3.8, 4) is 5.69 Å². The molecule has 2 heterocycles. The Kier molecular flexibility index (Phi) is 4.57. The molecular formula is C16H20N6O2. The molecule has 2 aromatic rings. The number of hydrogen-bond donors (Lipinski definition) is 2. The fourth-order valence-electron chi connectivity index (χ4n) is 2.98. The van der Waals surface area contributed by atoms with Crippen LogP contribution in [-0.2, 0) is 4.79 Å². The van der Waals surface area contributed by atoms with Crippen molar-refractivity contribution < 1.29 is 9.59 Å². The summed E-state index contributed by atoms with van der Waals surface area (Å²) >= 11 is 0. The van der Waals surface area contributed by atoms with Gasteiger partial charge in [0.2, 0.25) is 5.91 Å². The van der Waals surface area contributed by atoms with Crippen molar-refractivity contribution in [1.29, 1.82) is 0 Å². The summed E-state index contributed by atoms with van der Waals surface area (Å²) in [6, 6.07) is 6.36. The Hall–Kier alpha value is -2.74. The predicted octanol–water partition coefficient (Wildman–Crippen LogP) is -0.0548. The molecule has 1 aromatic carbocycles. The quantitative estimate of drug-likeness (QED) is 0.818. The number of aromatic nitrogens is 3. The van der Waals surface area contributed by atoms with Gasteiger partial charge >= 0.3 is 0 Å². The smallest absolute Gasteiger partial charge is 0.256 e. The van der Waals surface area contributed by atoms with E-state index in [9.17, 15) is 9.59 Å². The summed E-state index contributed by atoms with van der Waals surface area (Å²) in [6.07, 6.45) is 3.40. The van der Waals surface area contributed by atoms with Crippen LogP contribution in [0, 0.1) is 0 Å². The molecule has 8 heteroatoms. The standard InChI is InChI=1S/C16H20N6O2/c1-2-19-15(23)14-7-11(17)8-21(14)16(24)12-5-3-4-6-13(12)22-10-18-9-20-22/h3-6,9-11,14H,2,7-8,17H2,1H3,(H,19,23)/t11-,14+/m1/s1. The number of carbonyl (C=O) groups excluding carboxylic acids is 2. The molecule has 0 aliphatic carbocycles. The molecule has 24 heavy (non-hydrogen) atoms. The molecule has 1 aliphatic heterocycles. The number of hydrogen-bond acceptors (Lipinski definition) is 5. The molecule has 1 aliphatic rings. The van der Waals surface area contributed by atoms with E-state index in [2.05, 4.69) is 15.4 Å². The summed E-state index contributed by atoms with van der Waals surface area (Å²) < 4.78 is 1.53. The van der Waals surface area contributed by atoms with Gasteiger partial charge in [-0.15, -0.1) is 0 Å². The zero-order valence-corrected chi connectivity index (χ0v) is 13.4. The molecule has 1 fully saturated rings. The van der Waals surface area contributed by atoms with Crippen LogP contribution >= 0.6 is 0 Å². The lowest BCUT2D eigenvalue weighted by molar-refractivity contribution is -0.124. The van der Waals surface area contributed by atoms with Gasteiger partial charge in [-0.3, -0.25) is 9.59 Å². The van der Waals surface area contributed by atoms with Crippen LogP contribution in [0.2, 0.25) is 0 Å².